The molecule has 142 valence electrons. The summed E-state index contributed by atoms with van der Waals surface area (Å²) in [4.78, 5) is 45.9. The van der Waals surface area contributed by atoms with Crippen LogP contribution in [0.2, 0.25) is 0 Å². The number of thiazole rings is 1. The number of hydrogen-bond donors (Lipinski definition) is 3. The molecule has 10 heteroatoms. The molecule has 0 aliphatic heterocycles. The van der Waals surface area contributed by atoms with E-state index in [1.54, 1.807) is 11.3 Å². The van der Waals surface area contributed by atoms with Gasteiger partial charge in [0.1, 0.15) is 10.4 Å². The number of carbonyl (C=O) groups is 2. The first-order chi connectivity index (χ1) is 13.5. The van der Waals surface area contributed by atoms with Crippen LogP contribution in [0.25, 0.3) is 15.3 Å². The van der Waals surface area contributed by atoms with Crippen molar-refractivity contribution in [1.82, 2.24) is 19.7 Å². The van der Waals surface area contributed by atoms with Crippen LogP contribution in [0.4, 0.5) is 0 Å². The summed E-state index contributed by atoms with van der Waals surface area (Å²) in [7, 11) is 0. The molecule has 1 aliphatic rings. The van der Waals surface area contributed by atoms with E-state index in [2.05, 4.69) is 15.3 Å². The quantitative estimate of drug-likeness (QED) is 0.476. The first-order valence-electron chi connectivity index (χ1n) is 8.73. The Labute approximate surface area is 166 Å². The number of aryl methyl sites for hydroxylation is 1. The van der Waals surface area contributed by atoms with Crippen molar-refractivity contribution < 1.29 is 9.59 Å². The standard InChI is InChI=1S/C18H15N5O3S2/c19-14(24)9-6-8-10(20-15(9)25)2-1-3-11(8)21-16(26)13-7-12-17(28-13)22-18-23(12)4-5-27-18/h4-7,11H,1-3H2,(H2,19,24)(H,20,25)(H,21,26). The van der Waals surface area contributed by atoms with Gasteiger partial charge < -0.3 is 16.0 Å². The number of nitrogens with one attached hydrogen (secondary N) is 2. The normalized spacial score (nSPS) is 16.4. The van der Waals surface area contributed by atoms with Crippen LogP contribution in [-0.4, -0.2) is 26.2 Å². The van der Waals surface area contributed by atoms with E-state index >= 15 is 0 Å². The molecule has 4 N–H and O–H groups in total. The highest BCUT2D eigenvalue weighted by Crippen LogP contribution is 2.31. The van der Waals surface area contributed by atoms with E-state index in [0.29, 0.717) is 11.3 Å². The van der Waals surface area contributed by atoms with Crippen molar-refractivity contribution in [1.29, 1.82) is 0 Å². The van der Waals surface area contributed by atoms with Gasteiger partial charge in [-0.25, -0.2) is 4.98 Å². The van der Waals surface area contributed by atoms with Crippen LogP contribution in [0.3, 0.4) is 0 Å². The fourth-order valence-electron chi connectivity index (χ4n) is 3.66. The molecular formula is C18H15N5O3S2. The molecular weight excluding hydrogens is 398 g/mol. The molecule has 0 bridgehead atoms. The topological polar surface area (TPSA) is 122 Å². The van der Waals surface area contributed by atoms with E-state index in [1.165, 1.54) is 17.4 Å². The van der Waals surface area contributed by atoms with Crippen LogP contribution in [0, 0.1) is 0 Å². The molecule has 0 aromatic carbocycles. The third kappa shape index (κ3) is 2.64. The molecule has 5 rings (SSSR count). The third-order valence-corrected chi connectivity index (χ3v) is 6.76. The van der Waals surface area contributed by atoms with Crippen LogP contribution in [0.5, 0.6) is 0 Å². The minimum absolute atomic E-state index is 0.0878. The van der Waals surface area contributed by atoms with Crippen LogP contribution in [-0.2, 0) is 6.42 Å². The van der Waals surface area contributed by atoms with Crippen molar-refractivity contribution in [3.05, 3.63) is 55.8 Å². The Morgan fingerprint density at radius 1 is 1.36 bits per heavy atom. The van der Waals surface area contributed by atoms with Crippen LogP contribution in [0.15, 0.2) is 28.5 Å². The highest BCUT2D eigenvalue weighted by Gasteiger charge is 2.26. The van der Waals surface area contributed by atoms with E-state index in [0.717, 1.165) is 39.4 Å². The molecule has 0 radical (unpaired) electrons. The molecule has 8 nitrogen and oxygen atoms in total. The van der Waals surface area contributed by atoms with Crippen molar-refractivity contribution in [2.75, 3.05) is 0 Å². The van der Waals surface area contributed by atoms with Gasteiger partial charge in [0, 0.05) is 17.3 Å². The Hall–Kier alpha value is -2.98. The molecule has 28 heavy (non-hydrogen) atoms. The van der Waals surface area contributed by atoms with Gasteiger partial charge in [-0.1, -0.05) is 0 Å². The highest BCUT2D eigenvalue weighted by molar-refractivity contribution is 7.21. The lowest BCUT2D eigenvalue weighted by atomic mass is 9.90. The molecule has 0 saturated carbocycles. The van der Waals surface area contributed by atoms with E-state index in [1.807, 2.05) is 22.0 Å². The first-order valence-corrected chi connectivity index (χ1v) is 10.4. The maximum absolute atomic E-state index is 12.9. The minimum Gasteiger partial charge on any atom is -0.365 e. The summed E-state index contributed by atoms with van der Waals surface area (Å²) in [6, 6.07) is 3.06. The molecule has 4 heterocycles. The van der Waals surface area contributed by atoms with Crippen molar-refractivity contribution >= 4 is 49.8 Å². The number of primary amides is 1. The molecule has 1 atom stereocenters. The van der Waals surface area contributed by atoms with Gasteiger partial charge in [-0.05, 0) is 37.0 Å². The van der Waals surface area contributed by atoms with Gasteiger partial charge >= 0.3 is 0 Å². The zero-order chi connectivity index (χ0) is 19.4. The summed E-state index contributed by atoms with van der Waals surface area (Å²) < 4.78 is 1.97. The number of nitrogens with two attached hydrogens (primary N) is 1. The van der Waals surface area contributed by atoms with E-state index < -0.39 is 11.5 Å². The molecule has 1 unspecified atom stereocenters. The number of rotatable bonds is 3. The van der Waals surface area contributed by atoms with Crippen molar-refractivity contribution in [3.8, 4) is 0 Å². The Kier molecular flexibility index (Phi) is 3.84. The third-order valence-electron chi connectivity index (χ3n) is 4.99. The second kappa shape index (κ2) is 6.28. The van der Waals surface area contributed by atoms with E-state index in [9.17, 15) is 14.4 Å². The number of aromatic amines is 1. The number of nitrogens with zero attached hydrogens (tertiary/aromatic N) is 2. The summed E-state index contributed by atoms with van der Waals surface area (Å²) in [6.45, 7) is 0. The van der Waals surface area contributed by atoms with Crippen LogP contribution < -0.4 is 16.6 Å². The van der Waals surface area contributed by atoms with Gasteiger partial charge in [0.2, 0.25) is 0 Å². The second-order valence-electron chi connectivity index (χ2n) is 6.70. The number of fused-ring (bicyclic) bond motifs is 4. The predicted octanol–water partition coefficient (Wildman–Crippen LogP) is 2.21. The molecule has 4 aromatic rings. The fraction of sp³-hybridized carbons (Fsp3) is 0.222. The summed E-state index contributed by atoms with van der Waals surface area (Å²) >= 11 is 2.90. The summed E-state index contributed by atoms with van der Waals surface area (Å²) in [5, 5.41) is 4.99. The number of thiophene rings is 1. The first kappa shape index (κ1) is 17.1. The van der Waals surface area contributed by atoms with Gasteiger partial charge in [-0.15, -0.1) is 22.7 Å². The van der Waals surface area contributed by atoms with Gasteiger partial charge in [0.05, 0.1) is 16.4 Å². The summed E-state index contributed by atoms with van der Waals surface area (Å²) in [5.74, 6) is -0.976. The Bertz CT molecular complexity index is 1310. The zero-order valence-corrected chi connectivity index (χ0v) is 16.2. The molecule has 0 spiro atoms. The zero-order valence-electron chi connectivity index (χ0n) is 14.5. The fourth-order valence-corrected chi connectivity index (χ4v) is 5.37. The monoisotopic (exact) mass is 413 g/mol. The number of carbonyl (C=O) groups excluding carboxylic acids is 2. The van der Waals surface area contributed by atoms with Crippen molar-refractivity contribution in [3.63, 3.8) is 0 Å². The molecule has 4 aromatic heterocycles. The SMILES string of the molecule is NC(=O)c1cc2c([nH]c1=O)CCCC2NC(=O)c1cc2c(nc3sccn32)s1. The van der Waals surface area contributed by atoms with Gasteiger partial charge in [0.15, 0.2) is 4.96 Å². The number of amides is 2. The minimum atomic E-state index is -0.778. The van der Waals surface area contributed by atoms with Crippen molar-refractivity contribution in [2.24, 2.45) is 5.73 Å². The molecule has 2 amide bonds. The molecule has 0 fully saturated rings. The maximum Gasteiger partial charge on any atom is 0.261 e. The Morgan fingerprint density at radius 2 is 2.21 bits per heavy atom. The highest BCUT2D eigenvalue weighted by atomic mass is 32.1. The largest absolute Gasteiger partial charge is 0.365 e. The molecule has 1 aliphatic carbocycles. The van der Waals surface area contributed by atoms with Gasteiger partial charge in [-0.3, -0.25) is 18.8 Å². The van der Waals surface area contributed by atoms with Gasteiger partial charge in [0.25, 0.3) is 17.4 Å². The van der Waals surface area contributed by atoms with Crippen molar-refractivity contribution in [2.45, 2.75) is 25.3 Å². The number of aromatic nitrogens is 3. The number of H-pyrrole nitrogens is 1. The lowest BCUT2D eigenvalue weighted by molar-refractivity contribution is 0.0936. The van der Waals surface area contributed by atoms with E-state index in [4.69, 9.17) is 5.73 Å². The van der Waals surface area contributed by atoms with E-state index in [-0.39, 0.29) is 17.5 Å². The lowest BCUT2D eigenvalue weighted by Crippen LogP contribution is -2.33. The average Bonchev–Trinajstić information content (AvgIpc) is 3.33. The number of pyridine rings is 1. The lowest BCUT2D eigenvalue weighted by Gasteiger charge is -2.26. The second-order valence-corrected chi connectivity index (χ2v) is 8.60. The predicted molar refractivity (Wildman–Crippen MR) is 107 cm³/mol. The summed E-state index contributed by atoms with van der Waals surface area (Å²) in [6.07, 6.45) is 4.18. The molecule has 0 saturated heterocycles. The summed E-state index contributed by atoms with van der Waals surface area (Å²) in [5.41, 5.74) is 7.13. The average molecular weight is 413 g/mol. The maximum atomic E-state index is 12.9. The smallest absolute Gasteiger partial charge is 0.261 e. The van der Waals surface area contributed by atoms with Crippen LogP contribution >= 0.6 is 22.7 Å². The Morgan fingerprint density at radius 3 is 3.04 bits per heavy atom. The number of imidazole rings is 1. The Balaban J connectivity index is 1.47. The van der Waals surface area contributed by atoms with Crippen LogP contribution in [0.1, 0.15) is 50.2 Å². The number of hydrogen-bond acceptors (Lipinski definition) is 6. The van der Waals surface area contributed by atoms with Gasteiger partial charge in [-0.2, -0.15) is 0 Å².